The fourth-order valence-electron chi connectivity index (χ4n) is 2.52. The lowest BCUT2D eigenvalue weighted by Crippen LogP contribution is -2.22. The van der Waals surface area contributed by atoms with Crippen LogP contribution in [0.3, 0.4) is 0 Å². The molecule has 0 radical (unpaired) electrons. The Morgan fingerprint density at radius 3 is 3.24 bits per heavy atom. The van der Waals surface area contributed by atoms with E-state index in [0.29, 0.717) is 6.04 Å². The number of thiophene rings is 1. The molecule has 1 atom stereocenters. The monoisotopic (exact) mass is 248 g/mol. The number of nitrogens with zero attached hydrogens (tertiary/aromatic N) is 2. The first kappa shape index (κ1) is 11.0. The van der Waals surface area contributed by atoms with Crippen molar-refractivity contribution < 1.29 is 4.52 Å². The van der Waals surface area contributed by atoms with Gasteiger partial charge >= 0.3 is 0 Å². The molecular formula is C13H16N2OS. The molecule has 1 saturated heterocycles. The third kappa shape index (κ3) is 2.28. The summed E-state index contributed by atoms with van der Waals surface area (Å²) in [5, 5.41) is 6.24. The molecule has 0 saturated carbocycles. The van der Waals surface area contributed by atoms with Gasteiger partial charge in [-0.2, -0.15) is 0 Å². The SMILES string of the molecule is Cc1cc(CN2CCC[C@@H]2c2cccs2)no1. The van der Waals surface area contributed by atoms with Gasteiger partial charge in [0.05, 0.1) is 5.69 Å². The maximum Gasteiger partial charge on any atom is 0.133 e. The number of hydrogen-bond acceptors (Lipinski definition) is 4. The maximum absolute atomic E-state index is 5.13. The number of aryl methyl sites for hydroxylation is 1. The van der Waals surface area contributed by atoms with Crippen molar-refractivity contribution in [2.75, 3.05) is 6.54 Å². The van der Waals surface area contributed by atoms with Crippen molar-refractivity contribution in [1.29, 1.82) is 0 Å². The predicted octanol–water partition coefficient (Wildman–Crippen LogP) is 3.38. The highest BCUT2D eigenvalue weighted by atomic mass is 32.1. The molecule has 0 N–H and O–H groups in total. The molecule has 1 aliphatic rings. The Kier molecular flexibility index (Phi) is 2.99. The number of rotatable bonds is 3. The van der Waals surface area contributed by atoms with Crippen molar-refractivity contribution in [1.82, 2.24) is 10.1 Å². The van der Waals surface area contributed by atoms with Gasteiger partial charge in [-0.1, -0.05) is 11.2 Å². The first-order valence-electron chi connectivity index (χ1n) is 6.02. The summed E-state index contributed by atoms with van der Waals surface area (Å²) < 4.78 is 5.13. The highest BCUT2D eigenvalue weighted by molar-refractivity contribution is 7.10. The van der Waals surface area contributed by atoms with Crippen molar-refractivity contribution in [3.05, 3.63) is 39.9 Å². The first-order valence-corrected chi connectivity index (χ1v) is 6.90. The molecule has 3 heterocycles. The molecule has 90 valence electrons. The zero-order valence-electron chi connectivity index (χ0n) is 9.93. The first-order chi connectivity index (χ1) is 8.33. The van der Waals surface area contributed by atoms with Gasteiger partial charge in [0, 0.05) is 23.5 Å². The Bertz CT molecular complexity index is 477. The summed E-state index contributed by atoms with van der Waals surface area (Å²) in [6, 6.07) is 6.98. The van der Waals surface area contributed by atoms with Gasteiger partial charge < -0.3 is 4.52 Å². The average molecular weight is 248 g/mol. The van der Waals surface area contributed by atoms with Gasteiger partial charge in [0.1, 0.15) is 5.76 Å². The van der Waals surface area contributed by atoms with E-state index in [2.05, 4.69) is 27.6 Å². The molecule has 1 fully saturated rings. The summed E-state index contributed by atoms with van der Waals surface area (Å²) in [4.78, 5) is 3.98. The Morgan fingerprint density at radius 1 is 1.59 bits per heavy atom. The standard InChI is InChI=1S/C13H16N2OS/c1-10-8-11(14-16-10)9-15-6-2-4-12(15)13-5-3-7-17-13/h3,5,7-8,12H,2,4,6,9H2,1H3/t12-/m1/s1. The number of aromatic nitrogens is 1. The van der Waals surface area contributed by atoms with E-state index in [9.17, 15) is 0 Å². The zero-order chi connectivity index (χ0) is 11.7. The maximum atomic E-state index is 5.13. The van der Waals surface area contributed by atoms with E-state index in [0.717, 1.165) is 24.5 Å². The molecule has 2 aromatic heterocycles. The van der Waals surface area contributed by atoms with Crippen LogP contribution < -0.4 is 0 Å². The topological polar surface area (TPSA) is 29.3 Å². The highest BCUT2D eigenvalue weighted by Gasteiger charge is 2.27. The Labute approximate surface area is 105 Å². The third-order valence-corrected chi connectivity index (χ3v) is 4.25. The molecular weight excluding hydrogens is 232 g/mol. The second-order valence-corrected chi connectivity index (χ2v) is 5.55. The number of likely N-dealkylation sites (tertiary alicyclic amines) is 1. The Morgan fingerprint density at radius 2 is 2.53 bits per heavy atom. The highest BCUT2D eigenvalue weighted by Crippen LogP contribution is 2.35. The molecule has 0 aliphatic carbocycles. The smallest absolute Gasteiger partial charge is 0.133 e. The largest absolute Gasteiger partial charge is 0.361 e. The molecule has 0 spiro atoms. The minimum Gasteiger partial charge on any atom is -0.361 e. The fourth-order valence-corrected chi connectivity index (χ4v) is 3.41. The lowest BCUT2D eigenvalue weighted by molar-refractivity contribution is 0.243. The quantitative estimate of drug-likeness (QED) is 0.834. The van der Waals surface area contributed by atoms with Crippen LogP contribution >= 0.6 is 11.3 Å². The fraction of sp³-hybridized carbons (Fsp3) is 0.462. The van der Waals surface area contributed by atoms with Crippen LogP contribution in [0.1, 0.15) is 35.2 Å². The molecule has 0 bridgehead atoms. The molecule has 3 nitrogen and oxygen atoms in total. The van der Waals surface area contributed by atoms with Crippen LogP contribution in [-0.4, -0.2) is 16.6 Å². The van der Waals surface area contributed by atoms with Crippen LogP contribution in [0.25, 0.3) is 0 Å². The van der Waals surface area contributed by atoms with E-state index in [1.54, 1.807) is 0 Å². The van der Waals surface area contributed by atoms with Gasteiger partial charge in [0.2, 0.25) is 0 Å². The molecule has 3 rings (SSSR count). The molecule has 17 heavy (non-hydrogen) atoms. The molecule has 0 aromatic carbocycles. The van der Waals surface area contributed by atoms with Crippen molar-refractivity contribution >= 4 is 11.3 Å². The summed E-state index contributed by atoms with van der Waals surface area (Å²) in [5.41, 5.74) is 1.05. The van der Waals surface area contributed by atoms with E-state index in [1.165, 1.54) is 17.7 Å². The third-order valence-electron chi connectivity index (χ3n) is 3.28. The van der Waals surface area contributed by atoms with Gasteiger partial charge in [-0.15, -0.1) is 11.3 Å². The van der Waals surface area contributed by atoms with Crippen molar-refractivity contribution in [2.24, 2.45) is 0 Å². The van der Waals surface area contributed by atoms with Gasteiger partial charge in [-0.05, 0) is 37.8 Å². The second kappa shape index (κ2) is 4.63. The molecule has 1 aliphatic heterocycles. The van der Waals surface area contributed by atoms with Crippen molar-refractivity contribution in [3.63, 3.8) is 0 Å². The molecule has 2 aromatic rings. The minimum atomic E-state index is 0.576. The van der Waals surface area contributed by atoms with E-state index >= 15 is 0 Å². The summed E-state index contributed by atoms with van der Waals surface area (Å²) in [6.45, 7) is 4.01. The van der Waals surface area contributed by atoms with Crippen LogP contribution in [0.5, 0.6) is 0 Å². The van der Waals surface area contributed by atoms with E-state index in [4.69, 9.17) is 4.52 Å². The Hall–Kier alpha value is -1.13. The number of hydrogen-bond donors (Lipinski definition) is 0. The van der Waals surface area contributed by atoms with Crippen molar-refractivity contribution in [3.8, 4) is 0 Å². The van der Waals surface area contributed by atoms with Crippen LogP contribution in [-0.2, 0) is 6.54 Å². The Balaban J connectivity index is 1.74. The lowest BCUT2D eigenvalue weighted by atomic mass is 10.2. The van der Waals surface area contributed by atoms with Gasteiger partial charge in [-0.25, -0.2) is 0 Å². The summed E-state index contributed by atoms with van der Waals surface area (Å²) in [7, 11) is 0. The van der Waals surface area contributed by atoms with Crippen LogP contribution in [0.15, 0.2) is 28.1 Å². The predicted molar refractivity (Wildman–Crippen MR) is 67.9 cm³/mol. The van der Waals surface area contributed by atoms with Gasteiger partial charge in [0.25, 0.3) is 0 Å². The van der Waals surface area contributed by atoms with Gasteiger partial charge in [-0.3, -0.25) is 4.90 Å². The summed E-state index contributed by atoms with van der Waals surface area (Å²) >= 11 is 1.85. The molecule has 0 unspecified atom stereocenters. The zero-order valence-corrected chi connectivity index (χ0v) is 10.7. The minimum absolute atomic E-state index is 0.576. The summed E-state index contributed by atoms with van der Waals surface area (Å²) in [5.74, 6) is 0.895. The normalized spacial score (nSPS) is 21.1. The van der Waals surface area contributed by atoms with Crippen molar-refractivity contribution in [2.45, 2.75) is 32.4 Å². The molecule has 4 heteroatoms. The van der Waals surface area contributed by atoms with Crippen LogP contribution in [0.4, 0.5) is 0 Å². The molecule has 0 amide bonds. The van der Waals surface area contributed by atoms with E-state index in [-0.39, 0.29) is 0 Å². The summed E-state index contributed by atoms with van der Waals surface area (Å²) in [6.07, 6.45) is 2.54. The van der Waals surface area contributed by atoms with Gasteiger partial charge in [0.15, 0.2) is 0 Å². The lowest BCUT2D eigenvalue weighted by Gasteiger charge is -2.22. The van der Waals surface area contributed by atoms with Crippen LogP contribution in [0.2, 0.25) is 0 Å². The average Bonchev–Trinajstić information content (AvgIpc) is 3.00. The van der Waals surface area contributed by atoms with E-state index < -0.39 is 0 Å². The second-order valence-electron chi connectivity index (χ2n) is 4.57. The van der Waals surface area contributed by atoms with E-state index in [1.807, 2.05) is 24.3 Å². The van der Waals surface area contributed by atoms with Crippen LogP contribution in [0, 0.1) is 6.92 Å².